The molecule has 17 heavy (non-hydrogen) atoms. The van der Waals surface area contributed by atoms with E-state index in [1.807, 2.05) is 25.1 Å². The highest BCUT2D eigenvalue weighted by molar-refractivity contribution is 9.10. The standard InChI is InChI=1S/C13H17BrO3/c1-3-17-7-6-11(15)8-10-4-5-13(16-2)12(14)9-10/h4-5,9H,3,6-8H2,1-2H3. The number of carbonyl (C=O) groups excluding carboxylic acids is 1. The zero-order valence-corrected chi connectivity index (χ0v) is 11.7. The van der Waals surface area contributed by atoms with Crippen molar-refractivity contribution in [2.75, 3.05) is 20.3 Å². The van der Waals surface area contributed by atoms with Crippen LogP contribution in [0.5, 0.6) is 5.75 Å². The Labute approximate surface area is 110 Å². The summed E-state index contributed by atoms with van der Waals surface area (Å²) < 4.78 is 11.2. The summed E-state index contributed by atoms with van der Waals surface area (Å²) in [4.78, 5) is 11.6. The molecule has 3 nitrogen and oxygen atoms in total. The summed E-state index contributed by atoms with van der Waals surface area (Å²) in [6, 6.07) is 5.68. The SMILES string of the molecule is CCOCCC(=O)Cc1ccc(OC)c(Br)c1. The van der Waals surface area contributed by atoms with Crippen molar-refractivity contribution in [2.45, 2.75) is 19.8 Å². The van der Waals surface area contributed by atoms with E-state index in [0.29, 0.717) is 26.1 Å². The van der Waals surface area contributed by atoms with Gasteiger partial charge in [-0.3, -0.25) is 4.79 Å². The molecule has 0 amide bonds. The summed E-state index contributed by atoms with van der Waals surface area (Å²) in [5, 5.41) is 0. The van der Waals surface area contributed by atoms with Gasteiger partial charge in [-0.2, -0.15) is 0 Å². The zero-order valence-electron chi connectivity index (χ0n) is 10.2. The first-order valence-corrected chi connectivity index (χ1v) is 6.38. The van der Waals surface area contributed by atoms with Crippen molar-refractivity contribution in [2.24, 2.45) is 0 Å². The van der Waals surface area contributed by atoms with Crippen LogP contribution in [0.25, 0.3) is 0 Å². The van der Waals surface area contributed by atoms with Crippen LogP contribution >= 0.6 is 15.9 Å². The quantitative estimate of drug-likeness (QED) is 0.726. The van der Waals surface area contributed by atoms with E-state index in [4.69, 9.17) is 9.47 Å². The molecule has 94 valence electrons. The maximum atomic E-state index is 11.6. The van der Waals surface area contributed by atoms with E-state index in [2.05, 4.69) is 15.9 Å². The van der Waals surface area contributed by atoms with E-state index >= 15 is 0 Å². The van der Waals surface area contributed by atoms with Gasteiger partial charge in [0, 0.05) is 19.4 Å². The first-order chi connectivity index (χ1) is 8.17. The maximum Gasteiger partial charge on any atom is 0.139 e. The van der Waals surface area contributed by atoms with Gasteiger partial charge in [-0.05, 0) is 40.5 Å². The minimum atomic E-state index is 0.190. The summed E-state index contributed by atoms with van der Waals surface area (Å²) >= 11 is 3.40. The third kappa shape index (κ3) is 4.88. The second-order valence-corrected chi connectivity index (χ2v) is 4.49. The van der Waals surface area contributed by atoms with Gasteiger partial charge in [0.2, 0.25) is 0 Å². The van der Waals surface area contributed by atoms with Gasteiger partial charge in [0.1, 0.15) is 11.5 Å². The van der Waals surface area contributed by atoms with Crippen molar-refractivity contribution in [3.8, 4) is 5.75 Å². The molecule has 0 radical (unpaired) electrons. The van der Waals surface area contributed by atoms with E-state index in [1.54, 1.807) is 7.11 Å². The van der Waals surface area contributed by atoms with Gasteiger partial charge < -0.3 is 9.47 Å². The number of hydrogen-bond donors (Lipinski definition) is 0. The van der Waals surface area contributed by atoms with E-state index in [1.165, 1.54) is 0 Å². The molecule has 0 N–H and O–H groups in total. The number of methoxy groups -OCH3 is 1. The molecular formula is C13H17BrO3. The summed E-state index contributed by atoms with van der Waals surface area (Å²) in [6.07, 6.45) is 0.910. The monoisotopic (exact) mass is 300 g/mol. The Morgan fingerprint density at radius 1 is 1.41 bits per heavy atom. The molecule has 0 saturated carbocycles. The molecule has 4 heteroatoms. The smallest absolute Gasteiger partial charge is 0.139 e. The van der Waals surface area contributed by atoms with Crippen LogP contribution in [0.1, 0.15) is 18.9 Å². The molecule has 0 aromatic heterocycles. The molecular weight excluding hydrogens is 284 g/mol. The van der Waals surface area contributed by atoms with Crippen molar-refractivity contribution < 1.29 is 14.3 Å². The molecule has 0 saturated heterocycles. The summed E-state index contributed by atoms with van der Waals surface area (Å²) in [6.45, 7) is 3.08. The number of benzene rings is 1. The first-order valence-electron chi connectivity index (χ1n) is 5.59. The molecule has 1 aromatic carbocycles. The second kappa shape index (κ2) is 7.45. The van der Waals surface area contributed by atoms with Gasteiger partial charge in [0.15, 0.2) is 0 Å². The molecule has 0 spiro atoms. The minimum Gasteiger partial charge on any atom is -0.496 e. The van der Waals surface area contributed by atoms with E-state index < -0.39 is 0 Å². The van der Waals surface area contributed by atoms with Crippen LogP contribution in [0.3, 0.4) is 0 Å². The molecule has 0 heterocycles. The van der Waals surface area contributed by atoms with Gasteiger partial charge in [-0.15, -0.1) is 0 Å². The molecule has 0 aliphatic rings. The van der Waals surface area contributed by atoms with Gasteiger partial charge in [-0.1, -0.05) is 6.07 Å². The molecule has 0 atom stereocenters. The van der Waals surface area contributed by atoms with E-state index in [9.17, 15) is 4.79 Å². The van der Waals surface area contributed by atoms with Gasteiger partial charge in [-0.25, -0.2) is 0 Å². The molecule has 1 aromatic rings. The number of hydrogen-bond acceptors (Lipinski definition) is 3. The van der Waals surface area contributed by atoms with Crippen LogP contribution in [-0.2, 0) is 16.0 Å². The minimum absolute atomic E-state index is 0.190. The topological polar surface area (TPSA) is 35.5 Å². The van der Waals surface area contributed by atoms with Crippen LogP contribution < -0.4 is 4.74 Å². The number of ether oxygens (including phenoxy) is 2. The molecule has 0 unspecified atom stereocenters. The Morgan fingerprint density at radius 2 is 2.18 bits per heavy atom. The van der Waals surface area contributed by atoms with Crippen LogP contribution in [-0.4, -0.2) is 26.1 Å². The highest BCUT2D eigenvalue weighted by Gasteiger charge is 2.06. The Kier molecular flexibility index (Phi) is 6.22. The third-order valence-corrected chi connectivity index (χ3v) is 2.97. The lowest BCUT2D eigenvalue weighted by Gasteiger charge is -2.06. The molecule has 0 aliphatic carbocycles. The van der Waals surface area contributed by atoms with Crippen LogP contribution in [0.15, 0.2) is 22.7 Å². The highest BCUT2D eigenvalue weighted by atomic mass is 79.9. The predicted molar refractivity (Wildman–Crippen MR) is 70.5 cm³/mol. The Hall–Kier alpha value is -0.870. The average Bonchev–Trinajstić information content (AvgIpc) is 2.29. The predicted octanol–water partition coefficient (Wildman–Crippen LogP) is 3.00. The Balaban J connectivity index is 2.51. The van der Waals surface area contributed by atoms with Crippen molar-refractivity contribution in [1.29, 1.82) is 0 Å². The molecule has 1 rings (SSSR count). The zero-order chi connectivity index (χ0) is 12.7. The largest absolute Gasteiger partial charge is 0.496 e. The van der Waals surface area contributed by atoms with Crippen LogP contribution in [0, 0.1) is 0 Å². The normalized spacial score (nSPS) is 10.3. The number of Topliss-reactive ketones (excluding diaryl/α,β-unsaturated/α-hetero) is 1. The van der Waals surface area contributed by atoms with Crippen LogP contribution in [0.4, 0.5) is 0 Å². The number of halogens is 1. The number of carbonyl (C=O) groups is 1. The first kappa shape index (κ1) is 14.2. The summed E-state index contributed by atoms with van der Waals surface area (Å²) in [7, 11) is 1.62. The van der Waals surface area contributed by atoms with E-state index in [0.717, 1.165) is 15.8 Å². The highest BCUT2D eigenvalue weighted by Crippen LogP contribution is 2.25. The third-order valence-electron chi connectivity index (χ3n) is 2.35. The lowest BCUT2D eigenvalue weighted by atomic mass is 10.1. The van der Waals surface area contributed by atoms with Gasteiger partial charge in [0.05, 0.1) is 18.2 Å². The van der Waals surface area contributed by atoms with Crippen molar-refractivity contribution >= 4 is 21.7 Å². The molecule has 0 aliphatic heterocycles. The fraction of sp³-hybridized carbons (Fsp3) is 0.462. The summed E-state index contributed by atoms with van der Waals surface area (Å²) in [5.74, 6) is 0.964. The lowest BCUT2D eigenvalue weighted by molar-refractivity contribution is -0.119. The van der Waals surface area contributed by atoms with Crippen molar-refractivity contribution in [3.05, 3.63) is 28.2 Å². The van der Waals surface area contributed by atoms with Crippen LogP contribution in [0.2, 0.25) is 0 Å². The average molecular weight is 301 g/mol. The Morgan fingerprint density at radius 3 is 2.76 bits per heavy atom. The van der Waals surface area contributed by atoms with Gasteiger partial charge in [0.25, 0.3) is 0 Å². The fourth-order valence-electron chi connectivity index (χ4n) is 1.47. The van der Waals surface area contributed by atoms with Gasteiger partial charge >= 0.3 is 0 Å². The summed E-state index contributed by atoms with van der Waals surface area (Å²) in [5.41, 5.74) is 0.985. The van der Waals surface area contributed by atoms with E-state index in [-0.39, 0.29) is 5.78 Å². The van der Waals surface area contributed by atoms with Crippen molar-refractivity contribution in [1.82, 2.24) is 0 Å². The maximum absolute atomic E-state index is 11.6. The second-order valence-electron chi connectivity index (χ2n) is 3.63. The fourth-order valence-corrected chi connectivity index (χ4v) is 2.05. The molecule has 0 bridgehead atoms. The Bertz CT molecular complexity index is 377. The lowest BCUT2D eigenvalue weighted by Crippen LogP contribution is -2.07. The number of ketones is 1. The van der Waals surface area contributed by atoms with Crippen molar-refractivity contribution in [3.63, 3.8) is 0 Å². The molecule has 0 fully saturated rings. The number of rotatable bonds is 7.